The average molecular weight is 310 g/mol. The minimum atomic E-state index is 0.0836. The Hall–Kier alpha value is -1.25. The zero-order valence-electron chi connectivity index (χ0n) is 11.5. The Kier molecular flexibility index (Phi) is 4.56. The first-order chi connectivity index (χ1) is 9.41. The van der Waals surface area contributed by atoms with E-state index in [9.17, 15) is 0 Å². The number of halogens is 2. The van der Waals surface area contributed by atoms with E-state index >= 15 is 0 Å². The van der Waals surface area contributed by atoms with E-state index in [0.29, 0.717) is 15.8 Å². The van der Waals surface area contributed by atoms with Gasteiger partial charge in [0.1, 0.15) is 0 Å². The summed E-state index contributed by atoms with van der Waals surface area (Å²) in [5.41, 5.74) is 2.69. The van der Waals surface area contributed by atoms with E-state index in [2.05, 4.69) is 19.0 Å². The van der Waals surface area contributed by atoms with Crippen molar-refractivity contribution in [1.82, 2.24) is 0 Å². The molecule has 0 saturated carbocycles. The Bertz CT molecular complexity index is 580. The Labute approximate surface area is 129 Å². The normalized spacial score (nSPS) is 20.4. The number of oxime groups is 1. The number of rotatable bonds is 2. The van der Waals surface area contributed by atoms with Crippen LogP contribution in [0.25, 0.3) is 6.08 Å². The van der Waals surface area contributed by atoms with Crippen LogP contribution in [0.4, 0.5) is 0 Å². The van der Waals surface area contributed by atoms with Crippen LogP contribution in [-0.2, 0) is 0 Å². The van der Waals surface area contributed by atoms with E-state index in [1.54, 1.807) is 0 Å². The number of nitrogens with zero attached hydrogens (tertiary/aromatic N) is 1. The maximum Gasteiger partial charge on any atom is 0.0803 e. The van der Waals surface area contributed by atoms with Gasteiger partial charge in [0.15, 0.2) is 0 Å². The van der Waals surface area contributed by atoms with Crippen molar-refractivity contribution in [3.05, 3.63) is 51.5 Å². The molecule has 0 aromatic heterocycles. The lowest BCUT2D eigenvalue weighted by molar-refractivity contribution is 0.308. The maximum atomic E-state index is 8.99. The van der Waals surface area contributed by atoms with E-state index in [-0.39, 0.29) is 5.41 Å². The van der Waals surface area contributed by atoms with Crippen LogP contribution < -0.4 is 0 Å². The lowest BCUT2D eigenvalue weighted by atomic mass is 9.76. The van der Waals surface area contributed by atoms with Crippen LogP contribution in [-0.4, -0.2) is 10.9 Å². The van der Waals surface area contributed by atoms with Crippen LogP contribution in [0.5, 0.6) is 0 Å². The van der Waals surface area contributed by atoms with Crippen LogP contribution in [0.15, 0.2) is 41.1 Å². The number of hydrogen-bond donors (Lipinski definition) is 1. The highest BCUT2D eigenvalue weighted by Crippen LogP contribution is 2.35. The molecule has 1 N–H and O–H groups in total. The molecule has 4 heteroatoms. The molecule has 0 fully saturated rings. The highest BCUT2D eigenvalue weighted by molar-refractivity contribution is 6.37. The zero-order valence-corrected chi connectivity index (χ0v) is 13.0. The van der Waals surface area contributed by atoms with Crippen molar-refractivity contribution in [1.29, 1.82) is 0 Å². The summed E-state index contributed by atoms with van der Waals surface area (Å²) in [4.78, 5) is 0. The highest BCUT2D eigenvalue weighted by atomic mass is 35.5. The molecule has 1 aliphatic rings. The molecule has 0 bridgehead atoms. The SMILES string of the molecule is CC1(C)CC(C=Cc2c(Cl)cccc2Cl)=CC(=NO)C1. The van der Waals surface area contributed by atoms with Crippen LogP contribution in [0, 0.1) is 5.41 Å². The van der Waals surface area contributed by atoms with Gasteiger partial charge in [0.2, 0.25) is 0 Å². The molecule has 0 aliphatic heterocycles. The summed E-state index contributed by atoms with van der Waals surface area (Å²) in [5.74, 6) is 0. The van der Waals surface area contributed by atoms with E-state index in [1.807, 2.05) is 36.4 Å². The molecule has 0 atom stereocenters. The summed E-state index contributed by atoms with van der Waals surface area (Å²) in [5, 5.41) is 13.6. The van der Waals surface area contributed by atoms with Gasteiger partial charge < -0.3 is 5.21 Å². The predicted octanol–water partition coefficient (Wildman–Crippen LogP) is 5.58. The second-order valence-corrected chi connectivity index (χ2v) is 6.61. The van der Waals surface area contributed by atoms with Gasteiger partial charge in [0.25, 0.3) is 0 Å². The predicted molar refractivity (Wildman–Crippen MR) is 85.8 cm³/mol. The standard InChI is InChI=1S/C16H17Cl2NO/c1-16(2)9-11(8-12(10-16)19-20)6-7-13-14(17)4-3-5-15(13)18/h3-8,20H,9-10H2,1-2H3. The topological polar surface area (TPSA) is 32.6 Å². The fourth-order valence-electron chi connectivity index (χ4n) is 2.45. The Balaban J connectivity index is 2.29. The van der Waals surface area contributed by atoms with Gasteiger partial charge in [-0.3, -0.25) is 0 Å². The first-order valence-electron chi connectivity index (χ1n) is 6.45. The van der Waals surface area contributed by atoms with Gasteiger partial charge in [0, 0.05) is 15.6 Å². The smallest absolute Gasteiger partial charge is 0.0803 e. The Morgan fingerprint density at radius 3 is 2.40 bits per heavy atom. The number of hydrogen-bond acceptors (Lipinski definition) is 2. The molecule has 0 heterocycles. The van der Waals surface area contributed by atoms with Gasteiger partial charge in [0.05, 0.1) is 5.71 Å². The fraction of sp³-hybridized carbons (Fsp3) is 0.312. The Morgan fingerprint density at radius 2 is 1.80 bits per heavy atom. The molecule has 0 spiro atoms. The second-order valence-electron chi connectivity index (χ2n) is 5.80. The van der Waals surface area contributed by atoms with Crippen molar-refractivity contribution in [2.75, 3.05) is 0 Å². The van der Waals surface area contributed by atoms with E-state index < -0.39 is 0 Å². The summed E-state index contributed by atoms with van der Waals surface area (Å²) in [6, 6.07) is 5.45. The molecule has 2 nitrogen and oxygen atoms in total. The fourth-order valence-corrected chi connectivity index (χ4v) is 2.98. The molecule has 0 radical (unpaired) electrons. The van der Waals surface area contributed by atoms with Crippen molar-refractivity contribution in [2.24, 2.45) is 10.6 Å². The van der Waals surface area contributed by atoms with Gasteiger partial charge in [-0.2, -0.15) is 0 Å². The van der Waals surface area contributed by atoms with Crippen LogP contribution in [0.3, 0.4) is 0 Å². The molecule has 0 amide bonds. The molecule has 2 rings (SSSR count). The lowest BCUT2D eigenvalue weighted by Crippen LogP contribution is -2.21. The van der Waals surface area contributed by atoms with E-state index in [1.165, 1.54) is 0 Å². The first-order valence-corrected chi connectivity index (χ1v) is 7.20. The monoisotopic (exact) mass is 309 g/mol. The third-order valence-electron chi connectivity index (χ3n) is 3.29. The lowest BCUT2D eigenvalue weighted by Gasteiger charge is -2.28. The minimum Gasteiger partial charge on any atom is -0.411 e. The highest BCUT2D eigenvalue weighted by Gasteiger charge is 2.25. The van der Waals surface area contributed by atoms with Crippen molar-refractivity contribution in [3.8, 4) is 0 Å². The summed E-state index contributed by atoms with van der Waals surface area (Å²) < 4.78 is 0. The van der Waals surface area contributed by atoms with Crippen molar-refractivity contribution in [2.45, 2.75) is 26.7 Å². The van der Waals surface area contributed by atoms with Crippen molar-refractivity contribution >= 4 is 35.0 Å². The third-order valence-corrected chi connectivity index (χ3v) is 3.95. The van der Waals surface area contributed by atoms with Gasteiger partial charge in [-0.25, -0.2) is 0 Å². The molecule has 0 saturated heterocycles. The Morgan fingerprint density at radius 1 is 1.15 bits per heavy atom. The largest absolute Gasteiger partial charge is 0.411 e. The van der Waals surface area contributed by atoms with Gasteiger partial charge in [-0.15, -0.1) is 0 Å². The molecule has 1 aromatic rings. The van der Waals surface area contributed by atoms with E-state index in [4.69, 9.17) is 28.4 Å². The summed E-state index contributed by atoms with van der Waals surface area (Å²) in [7, 11) is 0. The van der Waals surface area contributed by atoms with Crippen LogP contribution in [0.2, 0.25) is 10.0 Å². The maximum absolute atomic E-state index is 8.99. The summed E-state index contributed by atoms with van der Waals surface area (Å²) >= 11 is 12.3. The number of allylic oxidation sites excluding steroid dienone is 3. The summed E-state index contributed by atoms with van der Waals surface area (Å²) in [6.45, 7) is 4.31. The molecule has 0 unspecified atom stereocenters. The summed E-state index contributed by atoms with van der Waals surface area (Å²) in [6.07, 6.45) is 7.50. The molecule has 1 aromatic carbocycles. The molecule has 1 aliphatic carbocycles. The van der Waals surface area contributed by atoms with Crippen LogP contribution in [0.1, 0.15) is 32.3 Å². The molecule has 20 heavy (non-hydrogen) atoms. The molecular weight excluding hydrogens is 293 g/mol. The quantitative estimate of drug-likeness (QED) is 0.561. The minimum absolute atomic E-state index is 0.0836. The van der Waals surface area contributed by atoms with Crippen LogP contribution >= 0.6 is 23.2 Å². The van der Waals surface area contributed by atoms with Gasteiger partial charge in [-0.05, 0) is 42.0 Å². The van der Waals surface area contributed by atoms with Gasteiger partial charge in [-0.1, -0.05) is 60.4 Å². The van der Waals surface area contributed by atoms with Gasteiger partial charge >= 0.3 is 0 Å². The molecule has 106 valence electrons. The molecular formula is C16H17Cl2NO. The second kappa shape index (κ2) is 6.02. The number of benzene rings is 1. The first kappa shape index (κ1) is 15.1. The van der Waals surface area contributed by atoms with E-state index in [0.717, 1.165) is 24.0 Å². The zero-order chi connectivity index (χ0) is 14.8. The third kappa shape index (κ3) is 3.65. The van der Waals surface area contributed by atoms with Crippen molar-refractivity contribution < 1.29 is 5.21 Å². The van der Waals surface area contributed by atoms with Crippen molar-refractivity contribution in [3.63, 3.8) is 0 Å². The average Bonchev–Trinajstić information content (AvgIpc) is 2.36.